The monoisotopic (exact) mass is 368 g/mol. The number of hydrogen-bond donors (Lipinski definition) is 0. The minimum atomic E-state index is -7.27. The second kappa shape index (κ2) is 4.85. The first kappa shape index (κ1) is 19.7. The van der Waals surface area contributed by atoms with Gasteiger partial charge in [-0.25, -0.2) is 4.39 Å². The van der Waals surface area contributed by atoms with Gasteiger partial charge in [0.25, 0.3) is 5.67 Å². The van der Waals surface area contributed by atoms with Crippen LogP contribution in [0, 0.1) is 0 Å². The van der Waals surface area contributed by atoms with Gasteiger partial charge in [-0.15, -0.1) is 0 Å². The number of halogens is 11. The highest BCUT2D eigenvalue weighted by Crippen LogP contribution is 2.69. The zero-order valence-corrected chi connectivity index (χ0v) is 10.9. The first-order chi connectivity index (χ1) is 9.95. The van der Waals surface area contributed by atoms with Crippen molar-refractivity contribution in [2.45, 2.75) is 48.6 Å². The number of rotatable bonds is 3. The number of ether oxygens (including phenoxy) is 1. The van der Waals surface area contributed by atoms with Gasteiger partial charge in [-0.05, 0) is 0 Å². The third-order valence-electron chi connectivity index (χ3n) is 3.29. The smallest absolute Gasteiger partial charge is 0.384 e. The van der Waals surface area contributed by atoms with Crippen molar-refractivity contribution in [3.63, 3.8) is 0 Å². The standard InChI is InChI=1S/C10H7F11O2/c1-2-4(22)23-3-5(11)6(12,13)8(16,17)10(20,21)9(18,19)7(5,14)15/h2-3H2,1H3. The molecule has 0 aliphatic heterocycles. The highest BCUT2D eigenvalue weighted by atomic mass is 19.4. The molecular weight excluding hydrogens is 361 g/mol. The Morgan fingerprint density at radius 2 is 1.00 bits per heavy atom. The summed E-state index contributed by atoms with van der Waals surface area (Å²) in [6.45, 7) is -2.03. The molecule has 1 rings (SSSR count). The van der Waals surface area contributed by atoms with Gasteiger partial charge in [-0.1, -0.05) is 6.92 Å². The summed E-state index contributed by atoms with van der Waals surface area (Å²) in [4.78, 5) is 10.7. The van der Waals surface area contributed by atoms with E-state index >= 15 is 0 Å². The fourth-order valence-corrected chi connectivity index (χ4v) is 1.75. The summed E-state index contributed by atoms with van der Waals surface area (Å²) in [5.74, 6) is -37.3. The van der Waals surface area contributed by atoms with Gasteiger partial charge in [0.2, 0.25) is 0 Å². The summed E-state index contributed by atoms with van der Waals surface area (Å²) < 4.78 is 148. The highest BCUT2D eigenvalue weighted by molar-refractivity contribution is 5.69. The third-order valence-corrected chi connectivity index (χ3v) is 3.29. The summed E-state index contributed by atoms with van der Waals surface area (Å²) in [7, 11) is 0. The number of carbonyl (C=O) groups is 1. The van der Waals surface area contributed by atoms with Crippen molar-refractivity contribution in [3.8, 4) is 0 Å². The molecule has 0 radical (unpaired) electrons. The Bertz CT molecular complexity index is 469. The minimum Gasteiger partial charge on any atom is -0.462 e. The molecule has 1 saturated carbocycles. The van der Waals surface area contributed by atoms with E-state index < -0.39 is 54.3 Å². The Morgan fingerprint density at radius 1 is 0.696 bits per heavy atom. The molecule has 136 valence electrons. The van der Waals surface area contributed by atoms with E-state index in [1.165, 1.54) is 0 Å². The fraction of sp³-hybridized carbons (Fsp3) is 0.900. The van der Waals surface area contributed by atoms with E-state index in [9.17, 15) is 53.1 Å². The predicted molar refractivity (Wildman–Crippen MR) is 49.8 cm³/mol. The summed E-state index contributed by atoms with van der Waals surface area (Å²) in [6, 6.07) is 0. The zero-order chi connectivity index (χ0) is 18.7. The number of hydrogen-bond acceptors (Lipinski definition) is 2. The molecule has 13 heteroatoms. The zero-order valence-electron chi connectivity index (χ0n) is 10.9. The van der Waals surface area contributed by atoms with Crippen LogP contribution < -0.4 is 0 Å². The molecule has 0 bridgehead atoms. The van der Waals surface area contributed by atoms with Gasteiger partial charge in [0.1, 0.15) is 6.61 Å². The molecule has 2 nitrogen and oxygen atoms in total. The Labute approximate surface area is 120 Å². The van der Waals surface area contributed by atoms with E-state index in [0.717, 1.165) is 6.92 Å². The van der Waals surface area contributed by atoms with E-state index in [2.05, 4.69) is 4.74 Å². The number of carbonyl (C=O) groups excluding carboxylic acids is 1. The fourth-order valence-electron chi connectivity index (χ4n) is 1.75. The van der Waals surface area contributed by atoms with Crippen LogP contribution in [0.1, 0.15) is 13.3 Å². The van der Waals surface area contributed by atoms with Gasteiger partial charge in [0.15, 0.2) is 0 Å². The van der Waals surface area contributed by atoms with Crippen molar-refractivity contribution in [2.24, 2.45) is 0 Å². The maximum Gasteiger partial charge on any atom is 0.384 e. The summed E-state index contributed by atoms with van der Waals surface area (Å²) in [5.41, 5.74) is -6.26. The van der Waals surface area contributed by atoms with E-state index in [4.69, 9.17) is 0 Å². The van der Waals surface area contributed by atoms with Crippen LogP contribution in [-0.4, -0.2) is 47.9 Å². The van der Waals surface area contributed by atoms with Crippen LogP contribution in [0.25, 0.3) is 0 Å². The molecule has 1 aliphatic rings. The number of esters is 1. The molecule has 0 aromatic heterocycles. The first-order valence-electron chi connectivity index (χ1n) is 5.69. The molecule has 1 fully saturated rings. The molecule has 23 heavy (non-hydrogen) atoms. The van der Waals surface area contributed by atoms with Crippen LogP contribution >= 0.6 is 0 Å². The van der Waals surface area contributed by atoms with Gasteiger partial charge >= 0.3 is 35.6 Å². The molecular formula is C10H7F11O2. The van der Waals surface area contributed by atoms with Gasteiger partial charge in [-0.3, -0.25) is 4.79 Å². The van der Waals surface area contributed by atoms with Crippen LogP contribution in [0.5, 0.6) is 0 Å². The van der Waals surface area contributed by atoms with Crippen molar-refractivity contribution < 1.29 is 57.8 Å². The first-order valence-corrected chi connectivity index (χ1v) is 5.69. The topological polar surface area (TPSA) is 26.3 Å². The average molecular weight is 368 g/mol. The van der Waals surface area contributed by atoms with Crippen molar-refractivity contribution in [2.75, 3.05) is 6.61 Å². The van der Waals surface area contributed by atoms with E-state index in [-0.39, 0.29) is 0 Å². The van der Waals surface area contributed by atoms with Crippen LogP contribution in [0.3, 0.4) is 0 Å². The molecule has 0 atom stereocenters. The maximum absolute atomic E-state index is 13.9. The minimum absolute atomic E-state index is 0.740. The van der Waals surface area contributed by atoms with E-state index in [1.54, 1.807) is 0 Å². The van der Waals surface area contributed by atoms with Gasteiger partial charge in [0.05, 0.1) is 0 Å². The van der Waals surface area contributed by atoms with Crippen molar-refractivity contribution in [1.29, 1.82) is 0 Å². The Morgan fingerprint density at radius 3 is 1.30 bits per heavy atom. The van der Waals surface area contributed by atoms with Gasteiger partial charge < -0.3 is 4.74 Å². The van der Waals surface area contributed by atoms with Crippen molar-refractivity contribution in [3.05, 3.63) is 0 Å². The molecule has 0 unspecified atom stereocenters. The van der Waals surface area contributed by atoms with Crippen LogP contribution in [-0.2, 0) is 9.53 Å². The number of alkyl halides is 11. The molecule has 0 spiro atoms. The van der Waals surface area contributed by atoms with Crippen molar-refractivity contribution >= 4 is 5.97 Å². The van der Waals surface area contributed by atoms with Crippen LogP contribution in [0.4, 0.5) is 48.3 Å². The Kier molecular flexibility index (Phi) is 4.16. The lowest BCUT2D eigenvalue weighted by molar-refractivity contribution is -0.487. The predicted octanol–water partition coefficient (Wildman–Crippen LogP) is 3.84. The van der Waals surface area contributed by atoms with Crippen LogP contribution in [0.2, 0.25) is 0 Å². The molecule has 0 saturated heterocycles. The molecule has 0 aromatic carbocycles. The second-order valence-electron chi connectivity index (χ2n) is 4.69. The normalized spacial score (nSPS) is 28.9. The molecule has 0 heterocycles. The molecule has 1 aliphatic carbocycles. The lowest BCUT2D eigenvalue weighted by Gasteiger charge is -2.52. The quantitative estimate of drug-likeness (QED) is 0.559. The van der Waals surface area contributed by atoms with Crippen LogP contribution in [0.15, 0.2) is 0 Å². The summed E-state index contributed by atoms with van der Waals surface area (Å²) >= 11 is 0. The third kappa shape index (κ3) is 1.96. The average Bonchev–Trinajstić information content (AvgIpc) is 2.41. The molecule has 0 amide bonds. The lowest BCUT2D eigenvalue weighted by atomic mass is 9.72. The Balaban J connectivity index is 3.58. The van der Waals surface area contributed by atoms with Crippen molar-refractivity contribution in [1.82, 2.24) is 0 Å². The Hall–Kier alpha value is -1.30. The van der Waals surface area contributed by atoms with E-state index in [1.807, 2.05) is 0 Å². The molecule has 0 N–H and O–H groups in total. The summed E-state index contributed by atoms with van der Waals surface area (Å²) in [5, 5.41) is 0. The SMILES string of the molecule is CCC(=O)OCC1(F)C(F)(F)C(F)(F)C(F)(F)C(F)(F)C1(F)F. The highest BCUT2D eigenvalue weighted by Gasteiger charge is 3.01. The molecule has 0 aromatic rings. The van der Waals surface area contributed by atoms with Gasteiger partial charge in [-0.2, -0.15) is 43.9 Å². The van der Waals surface area contributed by atoms with Gasteiger partial charge in [0, 0.05) is 6.42 Å². The summed E-state index contributed by atoms with van der Waals surface area (Å²) in [6.07, 6.45) is -0.740. The maximum atomic E-state index is 13.9. The lowest BCUT2D eigenvalue weighted by Crippen LogP contribution is -2.84. The van der Waals surface area contributed by atoms with E-state index in [0.29, 0.717) is 0 Å². The second-order valence-corrected chi connectivity index (χ2v) is 4.69. The largest absolute Gasteiger partial charge is 0.462 e.